The molecule has 0 bridgehead atoms. The highest BCUT2D eigenvalue weighted by Gasteiger charge is 2.17. The molecular formula is C16H19FN4O3S. The number of rotatable bonds is 6. The van der Waals surface area contributed by atoms with E-state index in [1.165, 1.54) is 24.9 Å². The van der Waals surface area contributed by atoms with Crippen molar-refractivity contribution in [3.63, 3.8) is 0 Å². The van der Waals surface area contributed by atoms with E-state index in [1.54, 1.807) is 19.1 Å². The van der Waals surface area contributed by atoms with E-state index in [9.17, 15) is 14.0 Å². The van der Waals surface area contributed by atoms with Gasteiger partial charge >= 0.3 is 6.03 Å². The Balaban J connectivity index is 1.89. The van der Waals surface area contributed by atoms with Crippen LogP contribution in [0.1, 0.15) is 30.0 Å². The first-order valence-electron chi connectivity index (χ1n) is 7.64. The van der Waals surface area contributed by atoms with Crippen molar-refractivity contribution in [2.75, 3.05) is 12.8 Å². The maximum absolute atomic E-state index is 13.6. The summed E-state index contributed by atoms with van der Waals surface area (Å²) in [5.74, 6) is 0.515. The van der Waals surface area contributed by atoms with Gasteiger partial charge in [0.1, 0.15) is 5.82 Å². The van der Waals surface area contributed by atoms with Crippen molar-refractivity contribution in [2.45, 2.75) is 25.5 Å². The molecule has 0 aliphatic heterocycles. The average molecular weight is 366 g/mol. The number of thioether (sulfide) groups is 1. The van der Waals surface area contributed by atoms with E-state index in [1.807, 2.05) is 6.92 Å². The molecule has 0 fully saturated rings. The largest absolute Gasteiger partial charge is 0.341 e. The zero-order valence-electron chi connectivity index (χ0n) is 14.1. The van der Waals surface area contributed by atoms with Crippen LogP contribution in [-0.4, -0.2) is 34.9 Å². The molecule has 2 aromatic rings. The summed E-state index contributed by atoms with van der Waals surface area (Å²) < 4.78 is 18.9. The van der Waals surface area contributed by atoms with Crippen LogP contribution in [0.5, 0.6) is 0 Å². The van der Waals surface area contributed by atoms with Crippen LogP contribution in [0.2, 0.25) is 0 Å². The minimum absolute atomic E-state index is 0.135. The van der Waals surface area contributed by atoms with Gasteiger partial charge in [-0.3, -0.25) is 10.1 Å². The van der Waals surface area contributed by atoms with Crippen LogP contribution >= 0.6 is 11.8 Å². The highest BCUT2D eigenvalue weighted by atomic mass is 32.2. The van der Waals surface area contributed by atoms with Gasteiger partial charge in [0.15, 0.2) is 0 Å². The topological polar surface area (TPSA) is 97.1 Å². The molecule has 1 heterocycles. The Labute approximate surface area is 148 Å². The van der Waals surface area contributed by atoms with Gasteiger partial charge in [0.05, 0.1) is 5.25 Å². The highest BCUT2D eigenvalue weighted by Crippen LogP contribution is 2.29. The molecule has 0 spiro atoms. The number of carbonyl (C=O) groups excluding carboxylic acids is 2. The fourth-order valence-electron chi connectivity index (χ4n) is 1.90. The summed E-state index contributed by atoms with van der Waals surface area (Å²) in [7, 11) is 1.44. The molecule has 0 saturated carbocycles. The molecule has 25 heavy (non-hydrogen) atoms. The molecule has 2 rings (SSSR count). The van der Waals surface area contributed by atoms with E-state index < -0.39 is 6.03 Å². The third-order valence-corrected chi connectivity index (χ3v) is 4.54. The van der Waals surface area contributed by atoms with Gasteiger partial charge in [0.25, 0.3) is 0 Å². The average Bonchev–Trinajstić information content (AvgIpc) is 3.07. The van der Waals surface area contributed by atoms with Gasteiger partial charge in [0, 0.05) is 24.8 Å². The van der Waals surface area contributed by atoms with Crippen molar-refractivity contribution >= 4 is 23.7 Å². The summed E-state index contributed by atoms with van der Waals surface area (Å²) in [6, 6.07) is 4.22. The number of carbonyl (C=O) groups is 2. The summed E-state index contributed by atoms with van der Waals surface area (Å²) >= 11 is 1.44. The van der Waals surface area contributed by atoms with Crippen LogP contribution in [-0.2, 0) is 4.79 Å². The Bertz CT molecular complexity index is 766. The summed E-state index contributed by atoms with van der Waals surface area (Å²) in [5, 5.41) is 8.24. The first kappa shape index (κ1) is 18.9. The van der Waals surface area contributed by atoms with Crippen LogP contribution in [0.25, 0.3) is 11.4 Å². The molecule has 7 nitrogen and oxygen atoms in total. The number of hydrogen-bond acceptors (Lipinski definition) is 6. The van der Waals surface area contributed by atoms with Gasteiger partial charge in [-0.2, -0.15) is 4.98 Å². The van der Waals surface area contributed by atoms with E-state index in [0.29, 0.717) is 28.6 Å². The van der Waals surface area contributed by atoms with E-state index in [2.05, 4.69) is 20.8 Å². The van der Waals surface area contributed by atoms with E-state index >= 15 is 0 Å². The number of imide groups is 1. The van der Waals surface area contributed by atoms with Crippen LogP contribution in [0.4, 0.5) is 9.18 Å². The number of halogens is 1. The number of nitrogens with one attached hydrogen (secondary N) is 2. The van der Waals surface area contributed by atoms with Gasteiger partial charge in [-0.25, -0.2) is 9.18 Å². The van der Waals surface area contributed by atoms with Crippen molar-refractivity contribution in [1.29, 1.82) is 0 Å². The number of amides is 3. The standard InChI is InChI=1S/C16H19FN4O3S/c1-9-4-5-11(8-12(9)17)14-20-15(24-21-14)10(2)25-7-6-13(22)19-16(23)18-3/h4-5,8,10H,6-7H2,1-3H3,(H2,18,19,22,23)/t10-/m1/s1. The molecule has 0 unspecified atom stereocenters. The van der Waals surface area contributed by atoms with Crippen LogP contribution in [0.15, 0.2) is 22.7 Å². The van der Waals surface area contributed by atoms with Gasteiger partial charge in [-0.1, -0.05) is 17.3 Å². The fourth-order valence-corrected chi connectivity index (χ4v) is 2.80. The lowest BCUT2D eigenvalue weighted by Crippen LogP contribution is -2.37. The van der Waals surface area contributed by atoms with Crippen LogP contribution in [0, 0.1) is 12.7 Å². The van der Waals surface area contributed by atoms with Gasteiger partial charge in [-0.15, -0.1) is 11.8 Å². The van der Waals surface area contributed by atoms with Crippen molar-refractivity contribution in [2.24, 2.45) is 0 Å². The van der Waals surface area contributed by atoms with E-state index in [0.717, 1.165) is 0 Å². The number of aromatic nitrogens is 2. The lowest BCUT2D eigenvalue weighted by molar-refractivity contribution is -0.119. The molecular weight excluding hydrogens is 347 g/mol. The number of nitrogens with zero attached hydrogens (tertiary/aromatic N) is 2. The molecule has 0 radical (unpaired) electrons. The van der Waals surface area contributed by atoms with Gasteiger partial charge in [0.2, 0.25) is 17.6 Å². The monoisotopic (exact) mass is 366 g/mol. The summed E-state index contributed by atoms with van der Waals surface area (Å²) in [6.45, 7) is 3.55. The number of aryl methyl sites for hydroxylation is 1. The molecule has 1 atom stereocenters. The summed E-state index contributed by atoms with van der Waals surface area (Å²) in [6.07, 6.45) is 0.187. The number of urea groups is 1. The zero-order chi connectivity index (χ0) is 18.4. The summed E-state index contributed by atoms with van der Waals surface area (Å²) in [5.41, 5.74) is 1.09. The first-order chi connectivity index (χ1) is 11.9. The summed E-state index contributed by atoms with van der Waals surface area (Å²) in [4.78, 5) is 26.8. The molecule has 1 aromatic heterocycles. The van der Waals surface area contributed by atoms with E-state index in [-0.39, 0.29) is 23.4 Å². The second-order valence-electron chi connectivity index (χ2n) is 5.31. The predicted octanol–water partition coefficient (Wildman–Crippen LogP) is 2.82. The smallest absolute Gasteiger partial charge is 0.321 e. The molecule has 0 aliphatic carbocycles. The zero-order valence-corrected chi connectivity index (χ0v) is 14.9. The second-order valence-corrected chi connectivity index (χ2v) is 6.76. The van der Waals surface area contributed by atoms with Gasteiger partial charge < -0.3 is 9.84 Å². The lowest BCUT2D eigenvalue weighted by Gasteiger charge is -2.06. The first-order valence-corrected chi connectivity index (χ1v) is 8.69. The van der Waals surface area contributed by atoms with Gasteiger partial charge in [-0.05, 0) is 25.5 Å². The highest BCUT2D eigenvalue weighted by molar-refractivity contribution is 7.99. The number of benzene rings is 1. The van der Waals surface area contributed by atoms with Crippen molar-refractivity contribution in [1.82, 2.24) is 20.8 Å². The Morgan fingerprint density at radius 2 is 2.16 bits per heavy atom. The maximum Gasteiger partial charge on any atom is 0.321 e. The molecule has 0 saturated heterocycles. The third-order valence-electron chi connectivity index (χ3n) is 3.40. The van der Waals surface area contributed by atoms with Crippen molar-refractivity contribution in [3.05, 3.63) is 35.5 Å². The quantitative estimate of drug-likeness (QED) is 0.816. The second kappa shape index (κ2) is 8.61. The third kappa shape index (κ3) is 5.28. The maximum atomic E-state index is 13.6. The molecule has 3 amide bonds. The molecule has 134 valence electrons. The molecule has 9 heteroatoms. The minimum Gasteiger partial charge on any atom is -0.341 e. The molecule has 2 N–H and O–H groups in total. The number of hydrogen-bond donors (Lipinski definition) is 2. The molecule has 0 aliphatic rings. The van der Waals surface area contributed by atoms with Crippen molar-refractivity contribution in [3.8, 4) is 11.4 Å². The Kier molecular flexibility index (Phi) is 6.51. The molecule has 1 aromatic carbocycles. The van der Waals surface area contributed by atoms with Crippen LogP contribution < -0.4 is 10.6 Å². The Morgan fingerprint density at radius 1 is 1.40 bits per heavy atom. The lowest BCUT2D eigenvalue weighted by atomic mass is 10.1. The normalized spacial score (nSPS) is 11.8. The minimum atomic E-state index is -0.532. The SMILES string of the molecule is CNC(=O)NC(=O)CCS[C@H](C)c1nc(-c2ccc(C)c(F)c2)no1. The fraction of sp³-hybridized carbons (Fsp3) is 0.375. The van der Waals surface area contributed by atoms with Crippen molar-refractivity contribution < 1.29 is 18.5 Å². The Morgan fingerprint density at radius 3 is 2.84 bits per heavy atom. The predicted molar refractivity (Wildman–Crippen MR) is 92.5 cm³/mol. The van der Waals surface area contributed by atoms with E-state index in [4.69, 9.17) is 4.52 Å². The Hall–Kier alpha value is -2.42. The van der Waals surface area contributed by atoms with Crippen LogP contribution in [0.3, 0.4) is 0 Å².